The van der Waals surface area contributed by atoms with Crippen LogP contribution >= 0.6 is 12.4 Å². The summed E-state index contributed by atoms with van der Waals surface area (Å²) in [5.41, 5.74) is 2.65. The third-order valence-electron chi connectivity index (χ3n) is 6.79. The first-order chi connectivity index (χ1) is 14.5. The first kappa shape index (κ1) is 24.0. The lowest BCUT2D eigenvalue weighted by molar-refractivity contribution is -0.0612. The highest BCUT2D eigenvalue weighted by molar-refractivity contribution is 5.85. The second kappa shape index (κ2) is 10.8. The molecule has 0 bridgehead atoms. The van der Waals surface area contributed by atoms with Gasteiger partial charge < -0.3 is 19.8 Å². The summed E-state index contributed by atoms with van der Waals surface area (Å²) >= 11 is 0. The highest BCUT2D eigenvalue weighted by Crippen LogP contribution is 2.35. The van der Waals surface area contributed by atoms with E-state index in [-0.39, 0.29) is 12.4 Å². The van der Waals surface area contributed by atoms with Crippen LogP contribution in [-0.2, 0) is 4.74 Å². The topological polar surface area (TPSA) is 56.2 Å². The second-order valence-electron chi connectivity index (χ2n) is 8.76. The van der Waals surface area contributed by atoms with Gasteiger partial charge in [0.1, 0.15) is 0 Å². The Hall–Kier alpha value is -1.63. The van der Waals surface area contributed by atoms with Crippen LogP contribution in [0.3, 0.4) is 0 Å². The van der Waals surface area contributed by atoms with Crippen LogP contribution < -0.4 is 4.90 Å². The summed E-state index contributed by atoms with van der Waals surface area (Å²) in [5.74, 6) is 0. The maximum atomic E-state index is 11.1. The molecule has 2 fully saturated rings. The Morgan fingerprint density at radius 2 is 1.52 bits per heavy atom. The van der Waals surface area contributed by atoms with Crippen LogP contribution in [0.15, 0.2) is 54.6 Å². The predicted octanol–water partition coefficient (Wildman–Crippen LogP) is 3.96. The number of aliphatic hydroxyl groups excluding tert-OH is 1. The molecule has 0 spiro atoms. The van der Waals surface area contributed by atoms with Crippen LogP contribution in [0.5, 0.6) is 0 Å². The lowest BCUT2D eigenvalue weighted by Gasteiger charge is -2.42. The molecule has 0 amide bonds. The molecule has 0 aliphatic carbocycles. The SMILES string of the molecule is CC(c1ccc(N2CCOCC2)cc1)N1CCC(O)(CC(O)c2ccccc2)CC1.Cl. The van der Waals surface area contributed by atoms with Crippen LogP contribution in [0.25, 0.3) is 0 Å². The number of halogens is 1. The molecule has 170 valence electrons. The van der Waals surface area contributed by atoms with Crippen molar-refractivity contribution in [2.75, 3.05) is 44.3 Å². The average molecular weight is 447 g/mol. The van der Waals surface area contributed by atoms with E-state index < -0.39 is 11.7 Å². The van der Waals surface area contributed by atoms with Gasteiger partial charge >= 0.3 is 0 Å². The lowest BCUT2D eigenvalue weighted by Crippen LogP contribution is -2.45. The minimum atomic E-state index is -0.800. The number of aliphatic hydroxyl groups is 2. The van der Waals surface area contributed by atoms with Gasteiger partial charge in [-0.1, -0.05) is 42.5 Å². The van der Waals surface area contributed by atoms with Crippen molar-refractivity contribution in [3.63, 3.8) is 0 Å². The van der Waals surface area contributed by atoms with Gasteiger partial charge in [-0.2, -0.15) is 0 Å². The standard InChI is InChI=1S/C25H34N2O3.ClH/c1-20(21-7-9-23(10-8-21)27-15-17-30-18-16-27)26-13-11-25(29,12-14-26)19-24(28)22-5-3-2-4-6-22;/h2-10,20,24,28-29H,11-19H2,1H3;1H. The van der Waals surface area contributed by atoms with Crippen LogP contribution in [0.2, 0.25) is 0 Å². The molecule has 2 aliphatic heterocycles. The van der Waals surface area contributed by atoms with E-state index >= 15 is 0 Å². The Kier molecular flexibility index (Phi) is 8.36. The van der Waals surface area contributed by atoms with Crippen molar-refractivity contribution >= 4 is 18.1 Å². The summed E-state index contributed by atoms with van der Waals surface area (Å²) in [6, 6.07) is 18.9. The molecule has 6 heteroatoms. The van der Waals surface area contributed by atoms with E-state index in [1.54, 1.807) is 0 Å². The molecule has 2 aliphatic rings. The summed E-state index contributed by atoms with van der Waals surface area (Å²) in [7, 11) is 0. The molecule has 0 saturated carbocycles. The van der Waals surface area contributed by atoms with Gasteiger partial charge in [-0.15, -0.1) is 12.4 Å². The number of piperidine rings is 1. The molecule has 2 aromatic carbocycles. The van der Waals surface area contributed by atoms with E-state index in [0.717, 1.165) is 45.0 Å². The number of likely N-dealkylation sites (tertiary alicyclic amines) is 1. The van der Waals surface area contributed by atoms with E-state index in [2.05, 4.69) is 41.0 Å². The molecule has 4 rings (SSSR count). The molecule has 0 radical (unpaired) electrons. The number of hydrogen-bond acceptors (Lipinski definition) is 5. The maximum absolute atomic E-state index is 11.1. The van der Waals surface area contributed by atoms with E-state index in [1.807, 2.05) is 30.3 Å². The fraction of sp³-hybridized carbons (Fsp3) is 0.520. The summed E-state index contributed by atoms with van der Waals surface area (Å²) in [6.07, 6.45) is 1.15. The maximum Gasteiger partial charge on any atom is 0.0817 e. The number of rotatable bonds is 6. The molecular weight excluding hydrogens is 412 g/mol. The van der Waals surface area contributed by atoms with Crippen molar-refractivity contribution < 1.29 is 14.9 Å². The molecule has 2 heterocycles. The fourth-order valence-electron chi connectivity index (χ4n) is 4.68. The van der Waals surface area contributed by atoms with Gasteiger partial charge in [-0.3, -0.25) is 4.90 Å². The highest BCUT2D eigenvalue weighted by atomic mass is 35.5. The van der Waals surface area contributed by atoms with Crippen LogP contribution in [-0.4, -0.2) is 60.1 Å². The van der Waals surface area contributed by atoms with Gasteiger partial charge in [-0.05, 0) is 43.0 Å². The zero-order valence-electron chi connectivity index (χ0n) is 18.3. The number of anilines is 1. The molecule has 2 atom stereocenters. The fourth-order valence-corrected chi connectivity index (χ4v) is 4.68. The van der Waals surface area contributed by atoms with E-state index in [0.29, 0.717) is 25.3 Å². The van der Waals surface area contributed by atoms with E-state index in [9.17, 15) is 10.2 Å². The number of morpholine rings is 1. The van der Waals surface area contributed by atoms with Gasteiger partial charge in [0.15, 0.2) is 0 Å². The van der Waals surface area contributed by atoms with Gasteiger partial charge in [0.2, 0.25) is 0 Å². The first-order valence-corrected chi connectivity index (χ1v) is 11.2. The molecule has 2 unspecified atom stereocenters. The zero-order chi connectivity index (χ0) is 21.0. The molecule has 31 heavy (non-hydrogen) atoms. The molecule has 5 nitrogen and oxygen atoms in total. The predicted molar refractivity (Wildman–Crippen MR) is 127 cm³/mol. The average Bonchev–Trinajstić information content (AvgIpc) is 2.80. The number of benzene rings is 2. The number of ether oxygens (including phenoxy) is 1. The largest absolute Gasteiger partial charge is 0.390 e. The number of hydrogen-bond donors (Lipinski definition) is 2. The quantitative estimate of drug-likeness (QED) is 0.703. The summed E-state index contributed by atoms with van der Waals surface area (Å²) in [6.45, 7) is 7.42. The molecule has 2 saturated heterocycles. The third-order valence-corrected chi connectivity index (χ3v) is 6.79. The highest BCUT2D eigenvalue weighted by Gasteiger charge is 2.36. The second-order valence-corrected chi connectivity index (χ2v) is 8.76. The lowest BCUT2D eigenvalue weighted by atomic mass is 9.84. The Labute approximate surface area is 192 Å². The van der Waals surface area contributed by atoms with Crippen molar-refractivity contribution in [3.8, 4) is 0 Å². The Bertz CT molecular complexity index is 788. The number of nitrogens with zero attached hydrogens (tertiary/aromatic N) is 2. The van der Waals surface area contributed by atoms with E-state index in [4.69, 9.17) is 4.74 Å². The summed E-state index contributed by atoms with van der Waals surface area (Å²) < 4.78 is 5.44. The van der Waals surface area contributed by atoms with Crippen LogP contribution in [0.4, 0.5) is 5.69 Å². The van der Waals surface area contributed by atoms with Crippen molar-refractivity contribution in [2.24, 2.45) is 0 Å². The molecule has 2 N–H and O–H groups in total. The van der Waals surface area contributed by atoms with E-state index in [1.165, 1.54) is 11.3 Å². The molecular formula is C25H35ClN2O3. The van der Waals surface area contributed by atoms with Gasteiger partial charge in [0, 0.05) is 44.3 Å². The first-order valence-electron chi connectivity index (χ1n) is 11.2. The Morgan fingerprint density at radius 1 is 0.903 bits per heavy atom. The van der Waals surface area contributed by atoms with Crippen LogP contribution in [0.1, 0.15) is 49.5 Å². The van der Waals surface area contributed by atoms with Crippen LogP contribution in [0, 0.1) is 0 Å². The summed E-state index contributed by atoms with van der Waals surface area (Å²) in [4.78, 5) is 4.81. The molecule has 2 aromatic rings. The normalized spacial score (nSPS) is 21.2. The Balaban J connectivity index is 0.00000272. The third kappa shape index (κ3) is 5.99. The van der Waals surface area contributed by atoms with Gasteiger partial charge in [-0.25, -0.2) is 0 Å². The zero-order valence-corrected chi connectivity index (χ0v) is 19.1. The van der Waals surface area contributed by atoms with Crippen molar-refractivity contribution in [3.05, 3.63) is 65.7 Å². The monoisotopic (exact) mass is 446 g/mol. The van der Waals surface area contributed by atoms with Gasteiger partial charge in [0.25, 0.3) is 0 Å². The Morgan fingerprint density at radius 3 is 2.13 bits per heavy atom. The smallest absolute Gasteiger partial charge is 0.0817 e. The minimum Gasteiger partial charge on any atom is -0.390 e. The minimum absolute atomic E-state index is 0. The van der Waals surface area contributed by atoms with Crippen molar-refractivity contribution in [1.29, 1.82) is 0 Å². The van der Waals surface area contributed by atoms with Gasteiger partial charge in [0.05, 0.1) is 24.9 Å². The summed E-state index contributed by atoms with van der Waals surface area (Å²) in [5, 5.41) is 21.6. The van der Waals surface area contributed by atoms with Crippen molar-refractivity contribution in [1.82, 2.24) is 4.90 Å². The van der Waals surface area contributed by atoms with Crippen molar-refractivity contribution in [2.45, 2.75) is 43.9 Å². The molecule has 0 aromatic heterocycles.